The molecule has 7 heteroatoms. The fourth-order valence-electron chi connectivity index (χ4n) is 4.96. The van der Waals surface area contributed by atoms with Crippen molar-refractivity contribution in [2.24, 2.45) is 5.41 Å². The Labute approximate surface area is 173 Å². The molecule has 1 aromatic heterocycles. The number of rotatable bonds is 4. The first kappa shape index (κ1) is 20.4. The maximum atomic E-state index is 13.1. The number of likely N-dealkylation sites (tertiary alicyclic amines) is 1. The summed E-state index contributed by atoms with van der Waals surface area (Å²) in [5.41, 5.74) is 2.88. The highest BCUT2D eigenvalue weighted by molar-refractivity contribution is 7.90. The number of carbonyl (C=O) groups is 1. The van der Waals surface area contributed by atoms with Crippen molar-refractivity contribution in [3.8, 4) is 0 Å². The first-order valence-corrected chi connectivity index (χ1v) is 12.6. The zero-order valence-corrected chi connectivity index (χ0v) is 18.1. The number of hydrogen-bond acceptors (Lipinski definition) is 4. The lowest BCUT2D eigenvalue weighted by molar-refractivity contribution is 0.0634. The van der Waals surface area contributed by atoms with Crippen molar-refractivity contribution in [2.75, 3.05) is 38.2 Å². The highest BCUT2D eigenvalue weighted by atomic mass is 32.2. The normalized spacial score (nSPS) is 20.8. The Morgan fingerprint density at radius 3 is 2.55 bits per heavy atom. The van der Waals surface area contributed by atoms with Crippen LogP contribution in [-0.2, 0) is 9.84 Å². The van der Waals surface area contributed by atoms with Crippen LogP contribution in [0.1, 0.15) is 54.4 Å². The van der Waals surface area contributed by atoms with E-state index in [1.54, 1.807) is 0 Å². The summed E-state index contributed by atoms with van der Waals surface area (Å²) in [5.74, 6) is 0.768. The molecule has 158 valence electrons. The zero-order chi connectivity index (χ0) is 20.6. The van der Waals surface area contributed by atoms with Crippen molar-refractivity contribution in [2.45, 2.75) is 38.5 Å². The van der Waals surface area contributed by atoms with Gasteiger partial charge in [-0.05, 0) is 73.9 Å². The molecule has 1 aromatic carbocycles. The topological polar surface area (TPSA) is 82.3 Å². The quantitative estimate of drug-likeness (QED) is 0.801. The summed E-state index contributed by atoms with van der Waals surface area (Å²) in [6, 6.07) is 5.94. The minimum atomic E-state index is -3.02. The van der Waals surface area contributed by atoms with Gasteiger partial charge in [0.05, 0.1) is 5.75 Å². The van der Waals surface area contributed by atoms with E-state index < -0.39 is 9.84 Å². The van der Waals surface area contributed by atoms with E-state index in [1.807, 2.05) is 30.0 Å². The van der Waals surface area contributed by atoms with Gasteiger partial charge in [-0.25, -0.2) is 8.42 Å². The van der Waals surface area contributed by atoms with E-state index in [0.29, 0.717) is 19.0 Å². The van der Waals surface area contributed by atoms with E-state index in [9.17, 15) is 13.2 Å². The van der Waals surface area contributed by atoms with Crippen LogP contribution in [0.3, 0.4) is 0 Å². The van der Waals surface area contributed by atoms with E-state index in [0.717, 1.165) is 55.2 Å². The van der Waals surface area contributed by atoms with Crippen molar-refractivity contribution >= 4 is 26.6 Å². The number of benzene rings is 1. The molecule has 3 heterocycles. The Hall–Kier alpha value is -1.86. The largest absolute Gasteiger partial charge is 0.361 e. The average molecular weight is 418 g/mol. The van der Waals surface area contributed by atoms with E-state index in [4.69, 9.17) is 0 Å². The van der Waals surface area contributed by atoms with E-state index in [1.165, 1.54) is 11.8 Å². The van der Waals surface area contributed by atoms with Crippen LogP contribution in [-0.4, -0.2) is 62.4 Å². The van der Waals surface area contributed by atoms with E-state index in [-0.39, 0.29) is 17.1 Å². The Bertz CT molecular complexity index is 997. The van der Waals surface area contributed by atoms with Gasteiger partial charge in [0.15, 0.2) is 0 Å². The minimum absolute atomic E-state index is 0.0470. The molecule has 2 aliphatic rings. The number of fused-ring (bicyclic) bond motifs is 1. The van der Waals surface area contributed by atoms with Crippen LogP contribution < -0.4 is 5.32 Å². The first-order valence-electron chi connectivity index (χ1n) is 10.5. The molecule has 0 atom stereocenters. The first-order chi connectivity index (χ1) is 13.7. The van der Waals surface area contributed by atoms with E-state index in [2.05, 4.69) is 16.5 Å². The van der Waals surface area contributed by atoms with Crippen LogP contribution in [0.4, 0.5) is 0 Å². The molecule has 0 spiro atoms. The van der Waals surface area contributed by atoms with Gasteiger partial charge < -0.3 is 15.2 Å². The zero-order valence-electron chi connectivity index (χ0n) is 17.3. The summed E-state index contributed by atoms with van der Waals surface area (Å²) < 4.78 is 23.4. The SMILES string of the molecule is CC1(CS(C)(=O)=O)CCN(C(=O)c2ccc3[nH]cc(C4CCNCC4)c3c2)CC1. The third kappa shape index (κ3) is 4.51. The fraction of sp³-hybridized carbons (Fsp3) is 0.591. The Morgan fingerprint density at radius 2 is 1.90 bits per heavy atom. The van der Waals surface area contributed by atoms with Gasteiger partial charge in [-0.2, -0.15) is 0 Å². The van der Waals surface area contributed by atoms with Gasteiger partial charge >= 0.3 is 0 Å². The van der Waals surface area contributed by atoms with Crippen molar-refractivity contribution in [3.05, 3.63) is 35.5 Å². The second-order valence-corrected chi connectivity index (χ2v) is 11.3. The van der Waals surface area contributed by atoms with Crippen molar-refractivity contribution in [3.63, 3.8) is 0 Å². The number of aromatic nitrogens is 1. The number of amides is 1. The number of nitrogens with one attached hydrogen (secondary N) is 2. The molecule has 1 amide bonds. The molecule has 2 saturated heterocycles. The molecule has 0 saturated carbocycles. The third-order valence-electron chi connectivity index (χ3n) is 6.61. The maximum Gasteiger partial charge on any atom is 0.253 e. The van der Waals surface area contributed by atoms with Gasteiger partial charge in [0.1, 0.15) is 9.84 Å². The molecule has 0 aliphatic carbocycles. The lowest BCUT2D eigenvalue weighted by Crippen LogP contribution is -2.44. The molecular formula is C22H31N3O3S. The molecule has 6 nitrogen and oxygen atoms in total. The molecular weight excluding hydrogens is 386 g/mol. The maximum absolute atomic E-state index is 13.1. The fourth-order valence-corrected chi connectivity index (χ4v) is 6.51. The molecule has 2 N–H and O–H groups in total. The summed E-state index contributed by atoms with van der Waals surface area (Å²) in [6.07, 6.45) is 7.08. The van der Waals surface area contributed by atoms with Crippen LogP contribution in [0.5, 0.6) is 0 Å². The van der Waals surface area contributed by atoms with E-state index >= 15 is 0 Å². The molecule has 0 radical (unpaired) electrons. The second-order valence-electron chi connectivity index (χ2n) is 9.20. The molecule has 29 heavy (non-hydrogen) atoms. The van der Waals surface area contributed by atoms with Crippen LogP contribution >= 0.6 is 0 Å². The standard InChI is InChI=1S/C22H31N3O3S/c1-22(15-29(2,27)28)7-11-25(12-8-22)21(26)17-3-4-20-18(13-17)19(14-24-20)16-5-9-23-10-6-16/h3-4,13-14,16,23-24H,5-12,15H2,1-2H3. The van der Waals surface area contributed by atoms with Gasteiger partial charge in [-0.15, -0.1) is 0 Å². The van der Waals surface area contributed by atoms with Crippen molar-refractivity contribution in [1.29, 1.82) is 0 Å². The lowest BCUT2D eigenvalue weighted by Gasteiger charge is -2.39. The number of nitrogens with zero attached hydrogens (tertiary/aromatic N) is 1. The summed E-state index contributed by atoms with van der Waals surface area (Å²) in [6.45, 7) is 5.31. The molecule has 0 bridgehead atoms. The summed E-state index contributed by atoms with van der Waals surface area (Å²) in [4.78, 5) is 18.4. The lowest BCUT2D eigenvalue weighted by atomic mass is 9.82. The Kier molecular flexibility index (Phi) is 5.46. The summed E-state index contributed by atoms with van der Waals surface area (Å²) in [7, 11) is -3.02. The number of H-pyrrole nitrogens is 1. The highest BCUT2D eigenvalue weighted by Gasteiger charge is 2.35. The summed E-state index contributed by atoms with van der Waals surface area (Å²) >= 11 is 0. The number of sulfone groups is 1. The van der Waals surface area contributed by atoms with Gasteiger partial charge in [0.25, 0.3) is 5.91 Å². The summed E-state index contributed by atoms with van der Waals surface area (Å²) in [5, 5.41) is 4.56. The number of piperidine rings is 2. The van der Waals surface area contributed by atoms with Gasteiger partial charge in [0.2, 0.25) is 0 Å². The number of carbonyl (C=O) groups excluding carboxylic acids is 1. The predicted molar refractivity (Wildman–Crippen MR) is 116 cm³/mol. The van der Waals surface area contributed by atoms with Gasteiger partial charge in [0, 0.05) is 42.0 Å². The average Bonchev–Trinajstić information content (AvgIpc) is 3.10. The van der Waals surface area contributed by atoms with Crippen LogP contribution in [0.2, 0.25) is 0 Å². The molecule has 4 rings (SSSR count). The second kappa shape index (κ2) is 7.76. The third-order valence-corrected chi connectivity index (χ3v) is 7.83. The number of hydrogen-bond donors (Lipinski definition) is 2. The molecule has 2 aliphatic heterocycles. The minimum Gasteiger partial charge on any atom is -0.361 e. The van der Waals surface area contributed by atoms with Crippen LogP contribution in [0, 0.1) is 5.41 Å². The van der Waals surface area contributed by atoms with Crippen LogP contribution in [0.25, 0.3) is 10.9 Å². The van der Waals surface area contributed by atoms with Crippen molar-refractivity contribution in [1.82, 2.24) is 15.2 Å². The predicted octanol–water partition coefficient (Wildman–Crippen LogP) is 2.92. The number of aromatic amines is 1. The molecule has 0 unspecified atom stereocenters. The van der Waals surface area contributed by atoms with Gasteiger partial charge in [-0.3, -0.25) is 4.79 Å². The highest BCUT2D eigenvalue weighted by Crippen LogP contribution is 2.34. The molecule has 2 aromatic rings. The van der Waals surface area contributed by atoms with Crippen molar-refractivity contribution < 1.29 is 13.2 Å². The molecule has 2 fully saturated rings. The Morgan fingerprint density at radius 1 is 1.21 bits per heavy atom. The monoisotopic (exact) mass is 417 g/mol. The smallest absolute Gasteiger partial charge is 0.253 e. The Balaban J connectivity index is 1.50. The van der Waals surface area contributed by atoms with Gasteiger partial charge in [-0.1, -0.05) is 6.92 Å². The van der Waals surface area contributed by atoms with Crippen LogP contribution in [0.15, 0.2) is 24.4 Å².